The average Bonchev–Trinajstić information content (AvgIpc) is 2.90. The lowest BCUT2D eigenvalue weighted by molar-refractivity contribution is 0.0603. The molecule has 0 spiro atoms. The molecule has 0 unspecified atom stereocenters. The zero-order chi connectivity index (χ0) is 18.1. The van der Waals surface area contributed by atoms with Crippen LogP contribution in [0.3, 0.4) is 0 Å². The number of pyridine rings is 1. The maximum Gasteiger partial charge on any atom is 0.338 e. The van der Waals surface area contributed by atoms with Gasteiger partial charge in [0.2, 0.25) is 0 Å². The number of hydrogen-bond donors (Lipinski definition) is 0. The molecule has 0 fully saturated rings. The molecule has 2 aromatic heterocycles. The smallest absolute Gasteiger partial charge is 0.338 e. The number of hydrogen-bond acceptors (Lipinski definition) is 4. The van der Waals surface area contributed by atoms with Gasteiger partial charge in [-0.1, -0.05) is 30.1 Å². The molecule has 130 valence electrons. The quantitative estimate of drug-likeness (QED) is 0.606. The molecule has 25 heavy (non-hydrogen) atoms. The van der Waals surface area contributed by atoms with Gasteiger partial charge in [-0.25, -0.2) is 14.5 Å². The maximum atomic E-state index is 12.3. The number of fused-ring (bicyclic) bond motifs is 1. The van der Waals surface area contributed by atoms with Gasteiger partial charge in [0, 0.05) is 17.1 Å². The number of aryl methyl sites for hydroxylation is 2. The van der Waals surface area contributed by atoms with E-state index in [1.165, 1.54) is 7.11 Å². The van der Waals surface area contributed by atoms with Gasteiger partial charge < -0.3 is 4.74 Å². The van der Waals surface area contributed by atoms with E-state index in [-0.39, 0.29) is 0 Å². The molecular weight excluding hydrogens is 361 g/mol. The first-order valence-electron chi connectivity index (χ1n) is 7.88. The molecule has 0 radical (unpaired) electrons. The molecule has 0 saturated carbocycles. The van der Waals surface area contributed by atoms with Crippen LogP contribution in [0.5, 0.6) is 0 Å². The van der Waals surface area contributed by atoms with E-state index >= 15 is 0 Å². The van der Waals surface area contributed by atoms with Crippen LogP contribution in [0.15, 0.2) is 24.3 Å². The number of carbonyl (C=O) groups excluding carboxylic acids is 1. The lowest BCUT2D eigenvalue weighted by Gasteiger charge is -2.09. The highest BCUT2D eigenvalue weighted by atomic mass is 35.5. The van der Waals surface area contributed by atoms with Gasteiger partial charge in [-0.3, -0.25) is 0 Å². The molecule has 3 aromatic rings. The second-order valence-electron chi connectivity index (χ2n) is 5.68. The van der Waals surface area contributed by atoms with Crippen LogP contribution in [0.1, 0.15) is 29.4 Å². The third-order valence-corrected chi connectivity index (χ3v) is 4.47. The summed E-state index contributed by atoms with van der Waals surface area (Å²) in [6.45, 7) is 4.62. The Morgan fingerprint density at radius 1 is 1.28 bits per heavy atom. The summed E-state index contributed by atoms with van der Waals surface area (Å²) in [6.07, 6.45) is 0.900. The summed E-state index contributed by atoms with van der Waals surface area (Å²) in [4.78, 5) is 17.0. The van der Waals surface area contributed by atoms with E-state index in [0.717, 1.165) is 12.1 Å². The molecule has 5 nitrogen and oxygen atoms in total. The Morgan fingerprint density at radius 2 is 2.04 bits per heavy atom. The summed E-state index contributed by atoms with van der Waals surface area (Å²) in [5.41, 5.74) is 3.08. The van der Waals surface area contributed by atoms with E-state index in [1.54, 1.807) is 24.3 Å². The highest BCUT2D eigenvalue weighted by Gasteiger charge is 2.21. The Morgan fingerprint density at radius 3 is 2.68 bits per heavy atom. The number of benzene rings is 1. The number of aromatic nitrogens is 3. The fraction of sp³-hybridized carbons (Fsp3) is 0.278. The van der Waals surface area contributed by atoms with Gasteiger partial charge in [0.25, 0.3) is 0 Å². The average molecular weight is 378 g/mol. The lowest BCUT2D eigenvalue weighted by atomic mass is 10.1. The van der Waals surface area contributed by atoms with Gasteiger partial charge >= 0.3 is 5.97 Å². The zero-order valence-corrected chi connectivity index (χ0v) is 15.6. The largest absolute Gasteiger partial charge is 0.465 e. The first kappa shape index (κ1) is 17.7. The topological polar surface area (TPSA) is 57.0 Å². The second kappa shape index (κ2) is 7.02. The molecule has 0 amide bonds. The molecule has 0 aliphatic heterocycles. The summed E-state index contributed by atoms with van der Waals surface area (Å²) < 4.78 is 6.76. The molecule has 1 aromatic carbocycles. The number of carbonyl (C=O) groups is 1. The molecule has 0 N–H and O–H groups in total. The SMILES string of the molecule is CCCn1nc(C)c2c(C(=O)OC)cc(-c3ccc(Cl)cc3Cl)nc21. The van der Waals surface area contributed by atoms with Gasteiger partial charge in [-0.05, 0) is 37.6 Å². The molecular formula is C18H17Cl2N3O2. The Balaban J connectivity index is 2.33. The van der Waals surface area contributed by atoms with Crippen LogP contribution in [0.2, 0.25) is 10.0 Å². The van der Waals surface area contributed by atoms with Crippen molar-refractivity contribution in [2.75, 3.05) is 7.11 Å². The Bertz CT molecular complexity index is 967. The number of rotatable bonds is 4. The van der Waals surface area contributed by atoms with Crippen molar-refractivity contribution in [3.8, 4) is 11.3 Å². The van der Waals surface area contributed by atoms with Crippen molar-refractivity contribution in [3.63, 3.8) is 0 Å². The number of halogens is 2. The van der Waals surface area contributed by atoms with Crippen molar-refractivity contribution in [1.82, 2.24) is 14.8 Å². The van der Waals surface area contributed by atoms with Crippen LogP contribution in [0.25, 0.3) is 22.3 Å². The van der Waals surface area contributed by atoms with Crippen molar-refractivity contribution >= 4 is 40.2 Å². The van der Waals surface area contributed by atoms with Crippen LogP contribution >= 0.6 is 23.2 Å². The van der Waals surface area contributed by atoms with Gasteiger partial charge in [0.1, 0.15) is 0 Å². The van der Waals surface area contributed by atoms with Crippen molar-refractivity contribution < 1.29 is 9.53 Å². The lowest BCUT2D eigenvalue weighted by Crippen LogP contribution is -2.05. The number of nitrogens with zero attached hydrogens (tertiary/aromatic N) is 3. The Labute approximate surface area is 155 Å². The zero-order valence-electron chi connectivity index (χ0n) is 14.1. The summed E-state index contributed by atoms with van der Waals surface area (Å²) in [6, 6.07) is 6.86. The number of esters is 1. The first-order valence-corrected chi connectivity index (χ1v) is 8.63. The third-order valence-electron chi connectivity index (χ3n) is 3.93. The summed E-state index contributed by atoms with van der Waals surface area (Å²) in [7, 11) is 1.36. The van der Waals surface area contributed by atoms with E-state index in [2.05, 4.69) is 12.0 Å². The summed E-state index contributed by atoms with van der Waals surface area (Å²) in [5, 5.41) is 6.23. The molecule has 0 saturated heterocycles. The van der Waals surface area contributed by atoms with Crippen molar-refractivity contribution in [2.45, 2.75) is 26.8 Å². The van der Waals surface area contributed by atoms with E-state index in [0.29, 0.717) is 44.4 Å². The molecule has 3 rings (SSSR count). The second-order valence-corrected chi connectivity index (χ2v) is 6.52. The third kappa shape index (κ3) is 3.22. The van der Waals surface area contributed by atoms with E-state index < -0.39 is 5.97 Å². The van der Waals surface area contributed by atoms with Gasteiger partial charge in [0.05, 0.1) is 34.5 Å². The minimum atomic E-state index is -0.433. The van der Waals surface area contributed by atoms with Crippen molar-refractivity contribution in [2.24, 2.45) is 0 Å². The highest BCUT2D eigenvalue weighted by molar-refractivity contribution is 6.36. The van der Waals surface area contributed by atoms with Gasteiger partial charge in [0.15, 0.2) is 5.65 Å². The first-order chi connectivity index (χ1) is 12.0. The molecule has 0 atom stereocenters. The molecule has 0 aliphatic carbocycles. The molecule has 7 heteroatoms. The Kier molecular flexibility index (Phi) is 4.97. The van der Waals surface area contributed by atoms with Crippen LogP contribution in [0, 0.1) is 6.92 Å². The maximum absolute atomic E-state index is 12.3. The Hall–Kier alpha value is -2.11. The molecule has 0 bridgehead atoms. The van der Waals surface area contributed by atoms with Crippen LogP contribution in [0.4, 0.5) is 0 Å². The molecule has 0 aliphatic rings. The van der Waals surface area contributed by atoms with Crippen molar-refractivity contribution in [3.05, 3.63) is 45.6 Å². The summed E-state index contributed by atoms with van der Waals surface area (Å²) >= 11 is 12.3. The predicted molar refractivity (Wildman–Crippen MR) is 99.4 cm³/mol. The predicted octanol–water partition coefficient (Wildman–Crippen LogP) is 4.91. The van der Waals surface area contributed by atoms with E-state index in [4.69, 9.17) is 32.9 Å². The normalized spacial score (nSPS) is 11.1. The van der Waals surface area contributed by atoms with Crippen LogP contribution in [-0.4, -0.2) is 27.8 Å². The minimum absolute atomic E-state index is 0.424. The standard InChI is InChI=1S/C18H17Cl2N3O2/c1-4-7-23-17-16(10(2)22-23)13(18(24)25-3)9-15(21-17)12-6-5-11(19)8-14(12)20/h5-6,8-9H,4,7H2,1-3H3. The summed E-state index contributed by atoms with van der Waals surface area (Å²) in [5.74, 6) is -0.433. The van der Waals surface area contributed by atoms with Gasteiger partial charge in [-0.15, -0.1) is 0 Å². The van der Waals surface area contributed by atoms with E-state index in [9.17, 15) is 4.79 Å². The van der Waals surface area contributed by atoms with Crippen molar-refractivity contribution in [1.29, 1.82) is 0 Å². The fourth-order valence-electron chi connectivity index (χ4n) is 2.83. The number of ether oxygens (including phenoxy) is 1. The van der Waals surface area contributed by atoms with Crippen LogP contribution < -0.4 is 0 Å². The minimum Gasteiger partial charge on any atom is -0.465 e. The van der Waals surface area contributed by atoms with Gasteiger partial charge in [-0.2, -0.15) is 5.10 Å². The van der Waals surface area contributed by atoms with Crippen LogP contribution in [-0.2, 0) is 11.3 Å². The monoisotopic (exact) mass is 377 g/mol. The highest BCUT2D eigenvalue weighted by Crippen LogP contribution is 2.33. The number of methoxy groups -OCH3 is 1. The van der Waals surface area contributed by atoms with E-state index in [1.807, 2.05) is 11.6 Å². The fourth-order valence-corrected chi connectivity index (χ4v) is 3.33. The molecule has 2 heterocycles.